The quantitative estimate of drug-likeness (QED) is 0.332. The molecule has 0 saturated heterocycles. The van der Waals surface area contributed by atoms with Crippen LogP contribution in [0.1, 0.15) is 58.3 Å². The molecule has 1 fully saturated rings. The Kier molecular flexibility index (Phi) is 8.51. The molecular formula is C23H32N4O3S. The van der Waals surface area contributed by atoms with Crippen LogP contribution in [0.15, 0.2) is 34.2 Å². The number of nitrogens with one attached hydrogen (secondary N) is 1. The zero-order valence-electron chi connectivity index (χ0n) is 18.1. The molecule has 2 atom stereocenters. The zero-order valence-corrected chi connectivity index (χ0v) is 19.0. The highest BCUT2D eigenvalue weighted by Crippen LogP contribution is 2.24. The van der Waals surface area contributed by atoms with Gasteiger partial charge in [0, 0.05) is 19.0 Å². The Morgan fingerprint density at radius 2 is 1.97 bits per heavy atom. The minimum atomic E-state index is -0.306. The van der Waals surface area contributed by atoms with Gasteiger partial charge in [0.25, 0.3) is 5.56 Å². The molecule has 31 heavy (non-hydrogen) atoms. The number of benzene rings is 1. The molecule has 0 aliphatic heterocycles. The number of carbonyl (C=O) groups excluding carboxylic acids is 2. The van der Waals surface area contributed by atoms with Gasteiger partial charge < -0.3 is 11.1 Å². The van der Waals surface area contributed by atoms with Gasteiger partial charge in [-0.25, -0.2) is 4.98 Å². The predicted octanol–water partition coefficient (Wildman–Crippen LogP) is 3.23. The lowest BCUT2D eigenvalue weighted by Gasteiger charge is -2.29. The maximum absolute atomic E-state index is 13.1. The molecule has 1 heterocycles. The molecule has 1 aromatic heterocycles. The van der Waals surface area contributed by atoms with Gasteiger partial charge in [-0.05, 0) is 43.7 Å². The second kappa shape index (κ2) is 11.3. The highest BCUT2D eigenvalue weighted by molar-refractivity contribution is 7.99. The van der Waals surface area contributed by atoms with Crippen molar-refractivity contribution in [3.05, 3.63) is 34.6 Å². The summed E-state index contributed by atoms with van der Waals surface area (Å²) in [5.74, 6) is 0.411. The molecule has 7 nitrogen and oxygen atoms in total. The summed E-state index contributed by atoms with van der Waals surface area (Å²) >= 11 is 1.31. The molecule has 1 aliphatic rings. The van der Waals surface area contributed by atoms with Crippen LogP contribution in [0, 0.1) is 5.92 Å². The first-order chi connectivity index (χ1) is 15.0. The van der Waals surface area contributed by atoms with Gasteiger partial charge in [-0.1, -0.05) is 50.1 Å². The van der Waals surface area contributed by atoms with E-state index in [1.807, 2.05) is 18.2 Å². The van der Waals surface area contributed by atoms with E-state index in [0.717, 1.165) is 32.1 Å². The average Bonchev–Trinajstić information content (AvgIpc) is 2.75. The normalized spacial score (nSPS) is 18.7. The Morgan fingerprint density at radius 3 is 2.74 bits per heavy atom. The first kappa shape index (κ1) is 23.3. The van der Waals surface area contributed by atoms with Crippen molar-refractivity contribution in [2.24, 2.45) is 11.7 Å². The minimum absolute atomic E-state index is 0.0147. The van der Waals surface area contributed by atoms with Crippen LogP contribution in [0.25, 0.3) is 10.9 Å². The number of fused-ring (bicyclic) bond motifs is 1. The molecule has 1 saturated carbocycles. The van der Waals surface area contributed by atoms with E-state index in [9.17, 15) is 14.4 Å². The van der Waals surface area contributed by atoms with Gasteiger partial charge in [0.2, 0.25) is 11.8 Å². The molecule has 0 spiro atoms. The standard InChI is InChI=1S/C23H32N4O3S/c1-16-9-4-6-11-18(16)25-21(29)15-31-23-26-19-12-7-5-10-17(19)22(30)27(23)14-8-2-3-13-20(24)28/h5,7,10,12,16,18H,2-4,6,8-9,11,13-15H2,1H3,(H2,24,28)(H,25,29)/t16-,18-/m0/s1. The van der Waals surface area contributed by atoms with Crippen LogP contribution in [-0.2, 0) is 16.1 Å². The number of carbonyl (C=O) groups is 2. The lowest BCUT2D eigenvalue weighted by Crippen LogP contribution is -2.42. The third-order valence-corrected chi connectivity index (χ3v) is 6.90. The van der Waals surface area contributed by atoms with Gasteiger partial charge in [0.15, 0.2) is 5.16 Å². The van der Waals surface area contributed by atoms with E-state index >= 15 is 0 Å². The van der Waals surface area contributed by atoms with E-state index in [0.29, 0.717) is 41.4 Å². The monoisotopic (exact) mass is 444 g/mol. The van der Waals surface area contributed by atoms with Crippen molar-refractivity contribution in [2.75, 3.05) is 5.75 Å². The number of aromatic nitrogens is 2. The van der Waals surface area contributed by atoms with Crippen molar-refractivity contribution in [3.8, 4) is 0 Å². The van der Waals surface area contributed by atoms with Gasteiger partial charge in [-0.3, -0.25) is 19.0 Å². The van der Waals surface area contributed by atoms with E-state index in [1.54, 1.807) is 10.6 Å². The topological polar surface area (TPSA) is 107 Å². The van der Waals surface area contributed by atoms with E-state index < -0.39 is 0 Å². The number of hydrogen-bond donors (Lipinski definition) is 2. The number of thioether (sulfide) groups is 1. The van der Waals surface area contributed by atoms with Gasteiger partial charge >= 0.3 is 0 Å². The van der Waals surface area contributed by atoms with Crippen molar-refractivity contribution in [3.63, 3.8) is 0 Å². The Morgan fingerprint density at radius 1 is 1.19 bits per heavy atom. The lowest BCUT2D eigenvalue weighted by atomic mass is 9.86. The summed E-state index contributed by atoms with van der Waals surface area (Å²) in [6.45, 7) is 2.69. The number of amides is 2. The molecule has 2 aromatic rings. The SMILES string of the molecule is C[C@H]1CCCC[C@@H]1NC(=O)CSc1nc2ccccc2c(=O)n1CCCCCC(N)=O. The summed E-state index contributed by atoms with van der Waals surface area (Å²) in [5.41, 5.74) is 5.74. The summed E-state index contributed by atoms with van der Waals surface area (Å²) < 4.78 is 1.66. The van der Waals surface area contributed by atoms with Crippen molar-refractivity contribution >= 4 is 34.5 Å². The van der Waals surface area contributed by atoms with Gasteiger partial charge in [-0.2, -0.15) is 0 Å². The van der Waals surface area contributed by atoms with E-state index in [2.05, 4.69) is 17.2 Å². The van der Waals surface area contributed by atoms with E-state index in [-0.39, 0.29) is 29.2 Å². The Bertz CT molecular complexity index is 975. The Hall–Kier alpha value is -2.35. The van der Waals surface area contributed by atoms with Gasteiger partial charge in [0.05, 0.1) is 16.7 Å². The number of nitrogens with two attached hydrogens (primary N) is 1. The van der Waals surface area contributed by atoms with Crippen molar-refractivity contribution in [1.29, 1.82) is 0 Å². The molecule has 168 valence electrons. The number of para-hydroxylation sites is 1. The maximum atomic E-state index is 13.1. The highest BCUT2D eigenvalue weighted by Gasteiger charge is 2.23. The third kappa shape index (κ3) is 6.56. The fourth-order valence-electron chi connectivity index (χ4n) is 4.11. The van der Waals surface area contributed by atoms with Crippen molar-refractivity contribution in [2.45, 2.75) is 76.0 Å². The summed E-state index contributed by atoms with van der Waals surface area (Å²) in [5, 5.41) is 4.30. The molecule has 3 N–H and O–H groups in total. The summed E-state index contributed by atoms with van der Waals surface area (Å²) in [4.78, 5) is 41.2. The molecule has 3 rings (SSSR count). The van der Waals surface area contributed by atoms with E-state index in [1.165, 1.54) is 18.2 Å². The molecule has 1 aromatic carbocycles. The van der Waals surface area contributed by atoms with Gasteiger partial charge in [-0.15, -0.1) is 0 Å². The molecule has 0 bridgehead atoms. The average molecular weight is 445 g/mol. The Balaban J connectivity index is 1.69. The molecular weight excluding hydrogens is 412 g/mol. The van der Waals surface area contributed by atoms with Crippen molar-refractivity contribution in [1.82, 2.24) is 14.9 Å². The molecule has 2 amide bonds. The maximum Gasteiger partial charge on any atom is 0.262 e. The molecule has 0 unspecified atom stereocenters. The zero-order chi connectivity index (χ0) is 22.2. The first-order valence-corrected chi connectivity index (χ1v) is 12.1. The van der Waals surface area contributed by atoms with Crippen LogP contribution in [0.5, 0.6) is 0 Å². The predicted molar refractivity (Wildman–Crippen MR) is 124 cm³/mol. The summed E-state index contributed by atoms with van der Waals surface area (Å²) in [6.07, 6.45) is 7.17. The van der Waals surface area contributed by atoms with Crippen LogP contribution >= 0.6 is 11.8 Å². The van der Waals surface area contributed by atoms with Crippen LogP contribution in [-0.4, -0.2) is 33.2 Å². The third-order valence-electron chi connectivity index (χ3n) is 5.92. The van der Waals surface area contributed by atoms with E-state index in [4.69, 9.17) is 5.73 Å². The number of primary amides is 1. The highest BCUT2D eigenvalue weighted by atomic mass is 32.2. The molecule has 1 aliphatic carbocycles. The summed E-state index contributed by atoms with van der Waals surface area (Å²) in [6, 6.07) is 7.52. The number of rotatable bonds is 10. The van der Waals surface area contributed by atoms with Crippen LogP contribution in [0.2, 0.25) is 0 Å². The number of unbranched alkanes of at least 4 members (excludes halogenated alkanes) is 2. The van der Waals surface area contributed by atoms with Crippen LogP contribution in [0.4, 0.5) is 0 Å². The lowest BCUT2D eigenvalue weighted by molar-refractivity contribution is -0.120. The minimum Gasteiger partial charge on any atom is -0.370 e. The Labute approximate surface area is 187 Å². The second-order valence-corrected chi connectivity index (χ2v) is 9.31. The fraction of sp³-hybridized carbons (Fsp3) is 0.565. The van der Waals surface area contributed by atoms with Crippen molar-refractivity contribution < 1.29 is 9.59 Å². The number of nitrogens with zero attached hydrogens (tertiary/aromatic N) is 2. The van der Waals surface area contributed by atoms with Gasteiger partial charge in [0.1, 0.15) is 0 Å². The summed E-state index contributed by atoms with van der Waals surface area (Å²) in [7, 11) is 0. The van der Waals surface area contributed by atoms with Crippen LogP contribution < -0.4 is 16.6 Å². The first-order valence-electron chi connectivity index (χ1n) is 11.2. The molecule has 8 heteroatoms. The van der Waals surface area contributed by atoms with Crippen LogP contribution in [0.3, 0.4) is 0 Å². The second-order valence-electron chi connectivity index (χ2n) is 8.37. The largest absolute Gasteiger partial charge is 0.370 e. The fourth-order valence-corrected chi connectivity index (χ4v) is 4.95. The smallest absolute Gasteiger partial charge is 0.262 e. The molecule has 0 radical (unpaired) electrons. The number of hydrogen-bond acceptors (Lipinski definition) is 5.